The van der Waals surface area contributed by atoms with Gasteiger partial charge < -0.3 is 19.4 Å². The number of fused-ring (bicyclic) bond motifs is 2. The summed E-state index contributed by atoms with van der Waals surface area (Å²) in [4.78, 5) is 25.2. The van der Waals surface area contributed by atoms with Gasteiger partial charge in [-0.1, -0.05) is 29.8 Å². The molecule has 0 bridgehead atoms. The highest BCUT2D eigenvalue weighted by atomic mass is 35.5. The van der Waals surface area contributed by atoms with Crippen molar-refractivity contribution in [3.63, 3.8) is 0 Å². The van der Waals surface area contributed by atoms with Crippen LogP contribution in [0.4, 0.5) is 10.1 Å². The zero-order valence-electron chi connectivity index (χ0n) is 26.5. The number of aromatic nitrogens is 5. The van der Waals surface area contributed by atoms with Gasteiger partial charge in [-0.25, -0.2) is 14.4 Å². The average molecular weight is 678 g/mol. The number of ether oxygens (including phenoxy) is 2. The van der Waals surface area contributed by atoms with Crippen molar-refractivity contribution in [2.24, 2.45) is 0 Å². The molecule has 0 radical (unpaired) electrons. The number of hydrogen-bond acceptors (Lipinski definition) is 7. The standard InChI is InChI=1S/C37H33ClFN7O3/c38-27-6-4-25(30(39)17-27)22-49-36-3-1-2-31(43-36)23-10-13-45(14-11-23)21-35-42-33-18-28(7-9-34(33)46(35)20-29-12-15-48-29)41-37(47)24-5-8-32-26(16-24)19-40-44-32/h1-10,16-19,29H,11-15,20-22H2,(H,40,44)(H,41,47)/t29-/m0/s1. The molecule has 10 nitrogen and oxygen atoms in total. The minimum Gasteiger partial charge on any atom is -0.473 e. The summed E-state index contributed by atoms with van der Waals surface area (Å²) in [5.74, 6) is 0.804. The van der Waals surface area contributed by atoms with E-state index >= 15 is 0 Å². The summed E-state index contributed by atoms with van der Waals surface area (Å²) in [5, 5.41) is 11.2. The molecule has 0 aliphatic carbocycles. The molecule has 1 atom stereocenters. The fourth-order valence-corrected chi connectivity index (χ4v) is 6.41. The first-order valence-electron chi connectivity index (χ1n) is 16.3. The Balaban J connectivity index is 0.960. The Morgan fingerprint density at radius 3 is 2.84 bits per heavy atom. The van der Waals surface area contributed by atoms with Crippen molar-refractivity contribution in [2.45, 2.75) is 38.6 Å². The second-order valence-electron chi connectivity index (χ2n) is 12.3. The fourth-order valence-electron chi connectivity index (χ4n) is 6.25. The molecular formula is C37H33ClFN7O3. The number of carbonyl (C=O) groups excluding carboxylic acids is 1. The van der Waals surface area contributed by atoms with Crippen molar-refractivity contribution < 1.29 is 18.7 Å². The van der Waals surface area contributed by atoms with Gasteiger partial charge in [-0.05, 0) is 73.0 Å². The molecular weight excluding hydrogens is 645 g/mol. The molecule has 6 aromatic rings. The van der Waals surface area contributed by atoms with Crippen LogP contribution in [0.25, 0.3) is 27.5 Å². The molecule has 0 spiro atoms. The largest absolute Gasteiger partial charge is 0.473 e. The van der Waals surface area contributed by atoms with E-state index in [1.54, 1.807) is 30.5 Å². The highest BCUT2D eigenvalue weighted by Crippen LogP contribution is 2.28. The number of imidazole rings is 1. The lowest BCUT2D eigenvalue weighted by Gasteiger charge is -2.29. The van der Waals surface area contributed by atoms with Crippen LogP contribution in [0.5, 0.6) is 5.88 Å². The molecule has 1 saturated heterocycles. The monoisotopic (exact) mass is 677 g/mol. The van der Waals surface area contributed by atoms with E-state index in [0.29, 0.717) is 34.3 Å². The maximum absolute atomic E-state index is 14.2. The van der Waals surface area contributed by atoms with Gasteiger partial charge in [0, 0.05) is 53.0 Å². The first kappa shape index (κ1) is 31.2. The molecule has 2 N–H and O–H groups in total. The van der Waals surface area contributed by atoms with Crippen LogP contribution >= 0.6 is 11.6 Å². The number of hydrogen-bond donors (Lipinski definition) is 2. The Morgan fingerprint density at radius 2 is 2.02 bits per heavy atom. The van der Waals surface area contributed by atoms with Gasteiger partial charge in [-0.3, -0.25) is 14.8 Å². The lowest BCUT2D eigenvalue weighted by Crippen LogP contribution is -2.33. The third kappa shape index (κ3) is 6.78. The van der Waals surface area contributed by atoms with Crippen molar-refractivity contribution in [1.82, 2.24) is 29.6 Å². The number of halogens is 2. The van der Waals surface area contributed by atoms with Gasteiger partial charge >= 0.3 is 0 Å². The quantitative estimate of drug-likeness (QED) is 0.161. The van der Waals surface area contributed by atoms with E-state index < -0.39 is 5.82 Å². The van der Waals surface area contributed by atoms with E-state index in [0.717, 1.165) is 78.1 Å². The first-order chi connectivity index (χ1) is 23.9. The highest BCUT2D eigenvalue weighted by Gasteiger charge is 2.24. The van der Waals surface area contributed by atoms with Crippen LogP contribution < -0.4 is 10.1 Å². The van der Waals surface area contributed by atoms with Gasteiger partial charge in [-0.15, -0.1) is 0 Å². The summed E-state index contributed by atoms with van der Waals surface area (Å²) in [6, 6.07) is 21.5. The molecule has 0 unspecified atom stereocenters. The normalized spacial score (nSPS) is 16.4. The number of nitrogens with zero attached hydrogens (tertiary/aromatic N) is 5. The number of nitrogens with one attached hydrogen (secondary N) is 2. The minimum atomic E-state index is -0.403. The Kier molecular flexibility index (Phi) is 8.54. The van der Waals surface area contributed by atoms with Crippen LogP contribution in [0.15, 0.2) is 85.1 Å². The van der Waals surface area contributed by atoms with Crippen LogP contribution in [-0.2, 0) is 24.4 Å². The van der Waals surface area contributed by atoms with E-state index in [2.05, 4.69) is 31.1 Å². The summed E-state index contributed by atoms with van der Waals surface area (Å²) >= 11 is 5.87. The SMILES string of the molecule is O=C(Nc1ccc2c(c1)nc(CN1CC=C(c3cccc(OCc4ccc(Cl)cc4F)n3)CC1)n2C[C@@H]1CCO1)c1ccc2[nH]ncc2c1. The van der Waals surface area contributed by atoms with Gasteiger partial charge in [0.2, 0.25) is 5.88 Å². The van der Waals surface area contributed by atoms with Crippen molar-refractivity contribution in [2.75, 3.05) is 25.0 Å². The van der Waals surface area contributed by atoms with E-state index in [4.69, 9.17) is 31.0 Å². The maximum Gasteiger partial charge on any atom is 0.255 e. The van der Waals surface area contributed by atoms with Gasteiger partial charge in [0.15, 0.2) is 0 Å². The Hall–Kier alpha value is -5.10. The molecule has 2 aliphatic heterocycles. The predicted octanol–water partition coefficient (Wildman–Crippen LogP) is 7.01. The summed E-state index contributed by atoms with van der Waals surface area (Å²) < 4.78 is 28.1. The summed E-state index contributed by atoms with van der Waals surface area (Å²) in [7, 11) is 0. The fraction of sp³-hybridized carbons (Fsp3) is 0.243. The maximum atomic E-state index is 14.2. The molecule has 1 fully saturated rings. The Labute approximate surface area is 286 Å². The number of H-pyrrole nitrogens is 1. The smallest absolute Gasteiger partial charge is 0.255 e. The second-order valence-corrected chi connectivity index (χ2v) is 12.8. The zero-order valence-corrected chi connectivity index (χ0v) is 27.3. The van der Waals surface area contributed by atoms with E-state index in [9.17, 15) is 9.18 Å². The molecule has 8 rings (SSSR count). The summed E-state index contributed by atoms with van der Waals surface area (Å²) in [6.07, 6.45) is 5.91. The third-order valence-electron chi connectivity index (χ3n) is 9.07. The molecule has 3 aromatic carbocycles. The van der Waals surface area contributed by atoms with Crippen LogP contribution in [-0.4, -0.2) is 61.3 Å². The van der Waals surface area contributed by atoms with Crippen LogP contribution in [0, 0.1) is 5.82 Å². The molecule has 248 valence electrons. The number of benzene rings is 3. The predicted molar refractivity (Wildman–Crippen MR) is 186 cm³/mol. The number of carbonyl (C=O) groups is 1. The molecule has 0 saturated carbocycles. The molecule has 1 amide bonds. The number of anilines is 1. The molecule has 2 aliphatic rings. The number of pyridine rings is 1. The highest BCUT2D eigenvalue weighted by molar-refractivity contribution is 6.30. The van der Waals surface area contributed by atoms with Crippen LogP contribution in [0.1, 0.15) is 40.3 Å². The van der Waals surface area contributed by atoms with Gasteiger partial charge in [0.05, 0.1) is 47.6 Å². The van der Waals surface area contributed by atoms with Gasteiger partial charge in [0.25, 0.3) is 5.91 Å². The van der Waals surface area contributed by atoms with E-state index in [-0.39, 0.29) is 18.6 Å². The minimum absolute atomic E-state index is 0.0648. The van der Waals surface area contributed by atoms with Crippen molar-refractivity contribution in [3.8, 4) is 5.88 Å². The average Bonchev–Trinajstić information content (AvgIpc) is 3.70. The lowest BCUT2D eigenvalue weighted by atomic mass is 10.0. The first-order valence-corrected chi connectivity index (χ1v) is 16.6. The second kappa shape index (κ2) is 13.4. The van der Waals surface area contributed by atoms with E-state index in [1.165, 1.54) is 6.07 Å². The number of aromatic amines is 1. The Bertz CT molecular complexity index is 2210. The Morgan fingerprint density at radius 1 is 1.10 bits per heavy atom. The van der Waals surface area contributed by atoms with Crippen LogP contribution in [0.2, 0.25) is 5.02 Å². The van der Waals surface area contributed by atoms with Crippen molar-refractivity contribution in [3.05, 3.63) is 119 Å². The molecule has 12 heteroatoms. The molecule has 5 heterocycles. The lowest BCUT2D eigenvalue weighted by molar-refractivity contribution is -0.0591. The number of amides is 1. The topological polar surface area (TPSA) is 110 Å². The van der Waals surface area contributed by atoms with Crippen molar-refractivity contribution in [1.29, 1.82) is 0 Å². The van der Waals surface area contributed by atoms with E-state index in [1.807, 2.05) is 42.5 Å². The zero-order chi connectivity index (χ0) is 33.3. The number of rotatable bonds is 10. The van der Waals surface area contributed by atoms with Crippen molar-refractivity contribution >= 4 is 50.7 Å². The molecule has 49 heavy (non-hydrogen) atoms. The van der Waals surface area contributed by atoms with Gasteiger partial charge in [-0.2, -0.15) is 5.10 Å². The van der Waals surface area contributed by atoms with Crippen LogP contribution in [0.3, 0.4) is 0 Å². The summed E-state index contributed by atoms with van der Waals surface area (Å²) in [6.45, 7) is 3.82. The van der Waals surface area contributed by atoms with Gasteiger partial charge in [0.1, 0.15) is 18.2 Å². The molecule has 3 aromatic heterocycles. The third-order valence-corrected chi connectivity index (χ3v) is 9.30. The summed E-state index contributed by atoms with van der Waals surface area (Å²) in [5.41, 5.74) is 6.37.